The Kier molecular flexibility index (Phi) is 6.79. The smallest absolute Gasteiger partial charge is 0.330 e. The van der Waals surface area contributed by atoms with Crippen molar-refractivity contribution in [2.24, 2.45) is 0 Å². The Morgan fingerprint density at radius 2 is 1.89 bits per heavy atom. The van der Waals surface area contributed by atoms with Crippen LogP contribution in [-0.4, -0.2) is 51.9 Å². The number of carbonyl (C=O) groups is 2. The maximum absolute atomic E-state index is 15.6. The van der Waals surface area contributed by atoms with E-state index in [-0.39, 0.29) is 29.6 Å². The molecule has 0 saturated heterocycles. The minimum absolute atomic E-state index is 0.0497. The summed E-state index contributed by atoms with van der Waals surface area (Å²) in [6, 6.07) is 4.54. The van der Waals surface area contributed by atoms with Crippen LogP contribution in [0, 0.1) is 11.6 Å². The van der Waals surface area contributed by atoms with E-state index >= 15 is 8.78 Å². The summed E-state index contributed by atoms with van der Waals surface area (Å²) in [6.45, 7) is 6.11. The molecule has 9 heteroatoms. The molecular weight excluding hydrogens is 471 g/mol. The van der Waals surface area contributed by atoms with Crippen molar-refractivity contribution in [2.45, 2.75) is 51.9 Å². The largest absolute Gasteiger partial charge is 0.466 e. The van der Waals surface area contributed by atoms with Crippen LogP contribution in [0.5, 0.6) is 0 Å². The topological polar surface area (TPSA) is 64.4 Å². The lowest BCUT2D eigenvalue weighted by atomic mass is 9.82. The number of benzene rings is 2. The zero-order chi connectivity index (χ0) is 26.4. The van der Waals surface area contributed by atoms with Crippen molar-refractivity contribution in [1.29, 1.82) is 0 Å². The van der Waals surface area contributed by atoms with Gasteiger partial charge in [-0.15, -0.1) is 0 Å². The number of aromatic nitrogens is 2. The Morgan fingerprint density at radius 3 is 2.47 bits per heavy atom. The molecule has 6 nitrogen and oxygen atoms in total. The number of halogens is 3. The van der Waals surface area contributed by atoms with Crippen LogP contribution in [0.3, 0.4) is 0 Å². The predicted molar refractivity (Wildman–Crippen MR) is 130 cm³/mol. The van der Waals surface area contributed by atoms with E-state index in [1.54, 1.807) is 23.2 Å². The molecule has 190 valence electrons. The van der Waals surface area contributed by atoms with Crippen molar-refractivity contribution in [3.8, 4) is 0 Å². The molecule has 2 atom stereocenters. The fourth-order valence-electron chi connectivity index (χ4n) is 4.95. The lowest BCUT2D eigenvalue weighted by Gasteiger charge is -2.44. The maximum atomic E-state index is 15.6. The van der Waals surface area contributed by atoms with Crippen LogP contribution in [0.2, 0.25) is 0 Å². The molecule has 0 amide bonds. The van der Waals surface area contributed by atoms with Crippen molar-refractivity contribution in [2.75, 3.05) is 13.7 Å². The van der Waals surface area contributed by atoms with E-state index in [0.29, 0.717) is 17.5 Å². The summed E-state index contributed by atoms with van der Waals surface area (Å²) in [5.74, 6) is -2.53. The Labute approximate surface area is 207 Å². The lowest BCUT2D eigenvalue weighted by molar-refractivity contribution is -0.134. The van der Waals surface area contributed by atoms with Gasteiger partial charge >= 0.3 is 5.97 Å². The van der Waals surface area contributed by atoms with Crippen LogP contribution in [-0.2, 0) is 16.0 Å². The number of hydrogen-bond acceptors (Lipinski definition) is 5. The molecule has 2 heterocycles. The van der Waals surface area contributed by atoms with Crippen LogP contribution in [0.15, 0.2) is 36.5 Å². The monoisotopic (exact) mass is 499 g/mol. The van der Waals surface area contributed by atoms with Gasteiger partial charge in [0.05, 0.1) is 24.9 Å². The van der Waals surface area contributed by atoms with E-state index in [4.69, 9.17) is 0 Å². The summed E-state index contributed by atoms with van der Waals surface area (Å²) in [6.07, 6.45) is 4.42. The zero-order valence-corrected chi connectivity index (χ0v) is 20.8. The molecule has 4 rings (SSSR count). The number of alkyl halides is 1. The molecule has 0 spiro atoms. The highest BCUT2D eigenvalue weighted by Gasteiger charge is 2.40. The number of fused-ring (bicyclic) bond motifs is 3. The van der Waals surface area contributed by atoms with E-state index in [1.807, 2.05) is 6.92 Å². The molecule has 36 heavy (non-hydrogen) atoms. The summed E-state index contributed by atoms with van der Waals surface area (Å²) in [5, 5.41) is 4.91. The van der Waals surface area contributed by atoms with Gasteiger partial charge in [-0.05, 0) is 68.2 Å². The summed E-state index contributed by atoms with van der Waals surface area (Å²) in [7, 11) is 1.21. The SMILES string of the molecule is COC(=O)/C=C/c1cc(F)c(C2c3ccc4c(cnn4C(C)=O)c3CC(C)N2CC(C)(C)F)c(F)c1. The first-order chi connectivity index (χ1) is 16.9. The number of ether oxygens (including phenoxy) is 1. The third kappa shape index (κ3) is 4.80. The molecule has 0 saturated carbocycles. The number of esters is 1. The minimum Gasteiger partial charge on any atom is -0.466 e. The van der Waals surface area contributed by atoms with Crippen LogP contribution in [0.1, 0.15) is 60.8 Å². The van der Waals surface area contributed by atoms with E-state index in [9.17, 15) is 14.0 Å². The fourth-order valence-corrected chi connectivity index (χ4v) is 4.95. The summed E-state index contributed by atoms with van der Waals surface area (Å²) >= 11 is 0. The van der Waals surface area contributed by atoms with Crippen molar-refractivity contribution in [3.63, 3.8) is 0 Å². The summed E-state index contributed by atoms with van der Waals surface area (Å²) < 4.78 is 51.9. The number of carbonyl (C=O) groups excluding carboxylic acids is 2. The molecule has 1 aromatic heterocycles. The minimum atomic E-state index is -1.62. The van der Waals surface area contributed by atoms with Crippen LogP contribution < -0.4 is 0 Å². The molecule has 2 unspecified atom stereocenters. The highest BCUT2D eigenvalue weighted by atomic mass is 19.1. The molecule has 0 N–H and O–H groups in total. The Balaban J connectivity index is 1.92. The fraction of sp³-hybridized carbons (Fsp3) is 0.370. The van der Waals surface area contributed by atoms with Crippen molar-refractivity contribution < 1.29 is 27.5 Å². The lowest BCUT2D eigenvalue weighted by Crippen LogP contribution is -2.48. The molecule has 1 aliphatic heterocycles. The molecule has 1 aliphatic rings. The number of methoxy groups -OCH3 is 1. The Bertz CT molecular complexity index is 1350. The summed E-state index contributed by atoms with van der Waals surface area (Å²) in [4.78, 5) is 25.2. The average molecular weight is 500 g/mol. The molecule has 3 aromatic rings. The third-order valence-electron chi connectivity index (χ3n) is 6.44. The predicted octanol–water partition coefficient (Wildman–Crippen LogP) is 5.24. The van der Waals surface area contributed by atoms with Gasteiger partial charge in [0.15, 0.2) is 0 Å². The number of nitrogens with zero attached hydrogens (tertiary/aromatic N) is 3. The standard InChI is InChI=1S/C27H28F3N3O3/c1-15-10-19-18(7-8-23-20(19)13-31-33(23)16(2)34)26(32(15)14-27(3,4)30)25-21(28)11-17(12-22(25)29)6-9-24(35)36-5/h6-9,11-13,15,26H,10,14H2,1-5H3/b9-6+. The third-order valence-corrected chi connectivity index (χ3v) is 6.44. The van der Waals surface area contributed by atoms with E-state index in [0.717, 1.165) is 29.2 Å². The van der Waals surface area contributed by atoms with Gasteiger partial charge in [0.1, 0.15) is 17.3 Å². The van der Waals surface area contributed by atoms with Crippen LogP contribution in [0.25, 0.3) is 17.0 Å². The van der Waals surface area contributed by atoms with Gasteiger partial charge in [0.25, 0.3) is 0 Å². The van der Waals surface area contributed by atoms with Crippen LogP contribution in [0.4, 0.5) is 13.2 Å². The van der Waals surface area contributed by atoms with Gasteiger partial charge in [0, 0.05) is 36.5 Å². The molecular formula is C27H28F3N3O3. The molecule has 0 aliphatic carbocycles. The normalized spacial score (nSPS) is 18.6. The zero-order valence-electron chi connectivity index (χ0n) is 20.8. The molecule has 0 fully saturated rings. The number of rotatable bonds is 5. The Hall–Kier alpha value is -3.46. The van der Waals surface area contributed by atoms with Gasteiger partial charge in [0.2, 0.25) is 5.91 Å². The van der Waals surface area contributed by atoms with Crippen LogP contribution >= 0.6 is 0 Å². The highest BCUT2D eigenvalue weighted by molar-refractivity contribution is 5.92. The first kappa shape index (κ1) is 25.6. The quantitative estimate of drug-likeness (QED) is 0.355. The second-order valence-electron chi connectivity index (χ2n) is 9.74. The van der Waals surface area contributed by atoms with Gasteiger partial charge in [-0.25, -0.2) is 22.6 Å². The van der Waals surface area contributed by atoms with E-state index in [1.165, 1.54) is 38.6 Å². The van der Waals surface area contributed by atoms with Crippen molar-refractivity contribution in [3.05, 3.63) is 70.4 Å². The van der Waals surface area contributed by atoms with Crippen molar-refractivity contribution >= 4 is 28.9 Å². The van der Waals surface area contributed by atoms with E-state index < -0.39 is 29.3 Å². The van der Waals surface area contributed by atoms with Gasteiger partial charge in [-0.1, -0.05) is 6.07 Å². The second kappa shape index (κ2) is 9.54. The van der Waals surface area contributed by atoms with E-state index in [2.05, 4.69) is 9.84 Å². The summed E-state index contributed by atoms with van der Waals surface area (Å²) in [5.41, 5.74) is 0.376. The highest BCUT2D eigenvalue weighted by Crippen LogP contribution is 2.43. The first-order valence-corrected chi connectivity index (χ1v) is 11.6. The van der Waals surface area contributed by atoms with Gasteiger partial charge in [-0.3, -0.25) is 9.69 Å². The maximum Gasteiger partial charge on any atom is 0.330 e. The molecule has 0 bridgehead atoms. The Morgan fingerprint density at radius 1 is 1.22 bits per heavy atom. The second-order valence-corrected chi connectivity index (χ2v) is 9.74. The molecule has 2 aromatic carbocycles. The van der Waals surface area contributed by atoms with Gasteiger partial charge < -0.3 is 4.74 Å². The first-order valence-electron chi connectivity index (χ1n) is 11.6. The van der Waals surface area contributed by atoms with Gasteiger partial charge in [-0.2, -0.15) is 5.10 Å². The molecule has 0 radical (unpaired) electrons. The average Bonchev–Trinajstić information content (AvgIpc) is 3.23. The number of hydrogen-bond donors (Lipinski definition) is 0. The van der Waals surface area contributed by atoms with Crippen molar-refractivity contribution in [1.82, 2.24) is 14.7 Å².